The van der Waals surface area contributed by atoms with Gasteiger partial charge in [-0.3, -0.25) is 14.4 Å². The van der Waals surface area contributed by atoms with Crippen LogP contribution in [0, 0.1) is 0 Å². The molecule has 4 rings (SSSR count). The lowest BCUT2D eigenvalue weighted by Gasteiger charge is -2.24. The van der Waals surface area contributed by atoms with E-state index in [-0.39, 0.29) is 24.8 Å². The number of carbonyl (C=O) groups excluding carboxylic acids is 2. The Morgan fingerprint density at radius 3 is 2.10 bits per heavy atom. The topological polar surface area (TPSA) is 96.4 Å². The molecule has 0 saturated carbocycles. The Bertz CT molecular complexity index is 1540. The van der Waals surface area contributed by atoms with Crippen molar-refractivity contribution >= 4 is 34.1 Å². The summed E-state index contributed by atoms with van der Waals surface area (Å²) in [6.07, 6.45) is 0.290. The van der Waals surface area contributed by atoms with Gasteiger partial charge in [-0.05, 0) is 71.8 Å². The summed E-state index contributed by atoms with van der Waals surface area (Å²) in [6, 6.07) is 23.7. The lowest BCUT2D eigenvalue weighted by atomic mass is 9.94. The molecule has 1 aromatic heterocycles. The Morgan fingerprint density at radius 2 is 1.50 bits per heavy atom. The third-order valence-corrected chi connectivity index (χ3v) is 7.77. The third-order valence-electron chi connectivity index (χ3n) is 6.83. The van der Waals surface area contributed by atoms with Gasteiger partial charge in [-0.25, -0.2) is 0 Å². The molecule has 3 aromatic carbocycles. The quantitative estimate of drug-likeness (QED) is 0.199. The fourth-order valence-corrected chi connectivity index (χ4v) is 5.37. The number of hydrogen-bond acceptors (Lipinski definition) is 6. The summed E-state index contributed by atoms with van der Waals surface area (Å²) in [5.74, 6) is -0.260. The van der Waals surface area contributed by atoms with Gasteiger partial charge in [0.15, 0.2) is 11.5 Å². The fraction of sp³-hybridized carbons (Fsp3) is 0.242. The maximum atomic E-state index is 14.0. The molecule has 218 valence electrons. The number of carbonyl (C=O) groups is 3. The van der Waals surface area contributed by atoms with Crippen molar-refractivity contribution in [2.75, 3.05) is 38.8 Å². The molecule has 0 spiro atoms. The van der Waals surface area contributed by atoms with Crippen LogP contribution in [0.5, 0.6) is 11.5 Å². The molecule has 42 heavy (non-hydrogen) atoms. The number of methoxy groups -OCH3 is 1. The molecule has 8 nitrogen and oxygen atoms in total. The van der Waals surface area contributed by atoms with Gasteiger partial charge in [0.25, 0.3) is 11.8 Å². The SMILES string of the molecule is CCOc1ccc(CCN(CCC(=O)O)C(=O)c2ccccc2-c2ccccc2C(=O)N(C)c2cccs2)cc1OC. The zero-order valence-corrected chi connectivity index (χ0v) is 24.7. The molecule has 0 fully saturated rings. The molecule has 1 heterocycles. The molecule has 0 aliphatic carbocycles. The molecule has 0 aliphatic rings. The summed E-state index contributed by atoms with van der Waals surface area (Å²) in [7, 11) is 3.30. The number of carboxylic acid groups (broad SMARTS) is 1. The van der Waals surface area contributed by atoms with Crippen molar-refractivity contribution in [3.8, 4) is 22.6 Å². The Hall–Kier alpha value is -4.63. The van der Waals surface area contributed by atoms with Crippen molar-refractivity contribution in [2.24, 2.45) is 0 Å². The van der Waals surface area contributed by atoms with E-state index in [1.54, 1.807) is 48.2 Å². The van der Waals surface area contributed by atoms with Gasteiger partial charge in [-0.1, -0.05) is 42.5 Å². The average Bonchev–Trinajstić information content (AvgIpc) is 3.56. The fourth-order valence-electron chi connectivity index (χ4n) is 4.67. The molecular formula is C33H34N2O6S. The lowest BCUT2D eigenvalue weighted by molar-refractivity contribution is -0.137. The molecule has 4 aromatic rings. The third kappa shape index (κ3) is 7.16. The number of benzene rings is 3. The molecule has 0 bridgehead atoms. The largest absolute Gasteiger partial charge is 0.493 e. The van der Waals surface area contributed by atoms with Gasteiger partial charge in [0.05, 0.1) is 25.1 Å². The highest BCUT2D eigenvalue weighted by atomic mass is 32.1. The second-order valence-electron chi connectivity index (χ2n) is 9.51. The Morgan fingerprint density at radius 1 is 0.833 bits per heavy atom. The number of carboxylic acids is 1. The van der Waals surface area contributed by atoms with Crippen LogP contribution < -0.4 is 14.4 Å². The lowest BCUT2D eigenvalue weighted by Crippen LogP contribution is -2.35. The van der Waals surface area contributed by atoms with E-state index in [1.165, 1.54) is 11.3 Å². The standard InChI is InChI=1S/C33H34N2O6S/c1-4-41-28-16-15-23(22-29(28)40-3)17-19-35(20-18-31(36)37)33(39)27-13-8-6-11-25(27)24-10-5-7-12-26(24)32(38)34(2)30-14-9-21-42-30/h5-16,21-22H,4,17-20H2,1-3H3,(H,36,37). The van der Waals surface area contributed by atoms with Crippen LogP contribution in [0.1, 0.15) is 39.6 Å². The summed E-state index contributed by atoms with van der Waals surface area (Å²) in [5, 5.41) is 12.1. The number of nitrogens with zero attached hydrogens (tertiary/aromatic N) is 2. The predicted molar refractivity (Wildman–Crippen MR) is 165 cm³/mol. The molecule has 0 radical (unpaired) electrons. The smallest absolute Gasteiger partial charge is 0.305 e. The number of amides is 2. The summed E-state index contributed by atoms with van der Waals surface area (Å²) in [4.78, 5) is 42.2. The molecule has 0 saturated heterocycles. The van der Waals surface area contributed by atoms with Crippen LogP contribution in [0.4, 0.5) is 5.00 Å². The van der Waals surface area contributed by atoms with E-state index in [0.717, 1.165) is 10.6 Å². The maximum absolute atomic E-state index is 14.0. The van der Waals surface area contributed by atoms with Crippen molar-refractivity contribution in [3.05, 3.63) is 101 Å². The van der Waals surface area contributed by atoms with Crippen molar-refractivity contribution < 1.29 is 29.0 Å². The van der Waals surface area contributed by atoms with Crippen LogP contribution in [0.25, 0.3) is 11.1 Å². The highest BCUT2D eigenvalue weighted by Crippen LogP contribution is 2.31. The van der Waals surface area contributed by atoms with E-state index in [1.807, 2.05) is 66.9 Å². The van der Waals surface area contributed by atoms with Crippen molar-refractivity contribution in [1.29, 1.82) is 0 Å². The number of aliphatic carboxylic acids is 1. The molecule has 9 heteroatoms. The monoisotopic (exact) mass is 586 g/mol. The van der Waals surface area contributed by atoms with Crippen LogP contribution in [-0.4, -0.2) is 61.6 Å². The first-order valence-corrected chi connectivity index (χ1v) is 14.5. The summed E-state index contributed by atoms with van der Waals surface area (Å²) < 4.78 is 11.1. The van der Waals surface area contributed by atoms with E-state index in [2.05, 4.69) is 0 Å². The normalized spacial score (nSPS) is 10.6. The highest BCUT2D eigenvalue weighted by Gasteiger charge is 2.24. The van der Waals surface area contributed by atoms with E-state index in [9.17, 15) is 19.5 Å². The minimum absolute atomic E-state index is 0.0400. The summed E-state index contributed by atoms with van der Waals surface area (Å²) in [5.41, 5.74) is 3.01. The van der Waals surface area contributed by atoms with E-state index < -0.39 is 5.97 Å². The highest BCUT2D eigenvalue weighted by molar-refractivity contribution is 7.14. The molecule has 1 N–H and O–H groups in total. The van der Waals surface area contributed by atoms with Crippen molar-refractivity contribution in [1.82, 2.24) is 4.90 Å². The minimum atomic E-state index is -0.989. The van der Waals surface area contributed by atoms with Crippen LogP contribution in [-0.2, 0) is 11.2 Å². The average molecular weight is 587 g/mol. The first-order valence-electron chi connectivity index (χ1n) is 13.6. The van der Waals surface area contributed by atoms with E-state index >= 15 is 0 Å². The predicted octanol–water partition coefficient (Wildman–Crippen LogP) is 6.26. The molecule has 2 amide bonds. The Kier molecular flexibility index (Phi) is 10.3. The van der Waals surface area contributed by atoms with Crippen LogP contribution >= 0.6 is 11.3 Å². The van der Waals surface area contributed by atoms with Crippen LogP contribution in [0.2, 0.25) is 0 Å². The number of ether oxygens (including phenoxy) is 2. The van der Waals surface area contributed by atoms with Gasteiger partial charge < -0.3 is 24.4 Å². The number of anilines is 1. The van der Waals surface area contributed by atoms with E-state index in [0.29, 0.717) is 53.3 Å². The number of thiophene rings is 1. The summed E-state index contributed by atoms with van der Waals surface area (Å²) >= 11 is 1.47. The molecule has 0 atom stereocenters. The van der Waals surface area contributed by atoms with Gasteiger partial charge in [0.2, 0.25) is 0 Å². The number of hydrogen-bond donors (Lipinski definition) is 1. The Balaban J connectivity index is 1.64. The zero-order valence-electron chi connectivity index (χ0n) is 23.9. The maximum Gasteiger partial charge on any atom is 0.305 e. The van der Waals surface area contributed by atoms with Gasteiger partial charge in [-0.15, -0.1) is 11.3 Å². The van der Waals surface area contributed by atoms with Crippen LogP contribution in [0.15, 0.2) is 84.2 Å². The van der Waals surface area contributed by atoms with Gasteiger partial charge in [-0.2, -0.15) is 0 Å². The minimum Gasteiger partial charge on any atom is -0.493 e. The van der Waals surface area contributed by atoms with Gasteiger partial charge >= 0.3 is 5.97 Å². The van der Waals surface area contributed by atoms with Crippen molar-refractivity contribution in [2.45, 2.75) is 19.8 Å². The summed E-state index contributed by atoms with van der Waals surface area (Å²) in [6.45, 7) is 2.73. The van der Waals surface area contributed by atoms with Gasteiger partial charge in [0, 0.05) is 31.3 Å². The first-order chi connectivity index (χ1) is 20.3. The number of rotatable bonds is 13. The molecule has 0 aliphatic heterocycles. The van der Waals surface area contributed by atoms with Gasteiger partial charge in [0.1, 0.15) is 0 Å². The van der Waals surface area contributed by atoms with Crippen LogP contribution in [0.3, 0.4) is 0 Å². The second kappa shape index (κ2) is 14.3. The second-order valence-corrected chi connectivity index (χ2v) is 10.4. The zero-order chi connectivity index (χ0) is 30.1. The molecular weight excluding hydrogens is 552 g/mol. The van der Waals surface area contributed by atoms with E-state index in [4.69, 9.17) is 9.47 Å². The Labute approximate surface area is 249 Å². The molecule has 0 unspecified atom stereocenters. The first kappa shape index (κ1) is 30.3. The van der Waals surface area contributed by atoms with Crippen molar-refractivity contribution in [3.63, 3.8) is 0 Å².